The highest BCUT2D eigenvalue weighted by atomic mass is 31.2. The molecule has 0 aliphatic carbocycles. The molecule has 1 aliphatic rings. The minimum atomic E-state index is -1.66. The molecule has 0 N–H and O–H groups in total. The van der Waals surface area contributed by atoms with Crippen molar-refractivity contribution < 1.29 is 9.47 Å². The minimum absolute atomic E-state index is 0.0922. The van der Waals surface area contributed by atoms with Crippen LogP contribution >= 0.6 is 7.26 Å². The van der Waals surface area contributed by atoms with E-state index in [4.69, 9.17) is 9.47 Å². The summed E-state index contributed by atoms with van der Waals surface area (Å²) in [6, 6.07) is 34.1. The molecule has 0 atom stereocenters. The summed E-state index contributed by atoms with van der Waals surface area (Å²) in [5.41, 5.74) is 0. The van der Waals surface area contributed by atoms with Gasteiger partial charge in [0.1, 0.15) is 23.2 Å². The maximum atomic E-state index is 5.51. The third kappa shape index (κ3) is 14.0. The molecule has 0 spiro atoms. The molecule has 1 heterocycles. The fraction of sp³-hybridized carbons (Fsp3) is 0.545. The lowest BCUT2D eigenvalue weighted by Gasteiger charge is -2.27. The highest BCUT2D eigenvalue weighted by Gasteiger charge is 2.44. The van der Waals surface area contributed by atoms with Crippen LogP contribution in [0, 0.1) is 0 Å². The fourth-order valence-electron chi connectivity index (χ4n) is 7.17. The van der Waals surface area contributed by atoms with Gasteiger partial charge < -0.3 is 9.47 Å². The molecule has 0 radical (unpaired) electrons. The van der Waals surface area contributed by atoms with E-state index in [-0.39, 0.29) is 6.29 Å². The van der Waals surface area contributed by atoms with Gasteiger partial charge in [0.25, 0.3) is 0 Å². The smallest absolute Gasteiger partial charge is 0.157 e. The van der Waals surface area contributed by atoms with Crippen molar-refractivity contribution in [2.45, 2.75) is 135 Å². The Kier molecular flexibility index (Phi) is 19.2. The second kappa shape index (κ2) is 24.0. The minimum Gasteiger partial charge on any atom is -0.350 e. The molecule has 1 aliphatic heterocycles. The van der Waals surface area contributed by atoms with Gasteiger partial charge in [0.2, 0.25) is 0 Å². The Hall–Kier alpha value is -2.25. The molecule has 256 valence electrons. The monoisotopic (exact) mass is 655 g/mol. The summed E-state index contributed by atoms with van der Waals surface area (Å²) in [6.45, 7) is 1.57. The molecule has 4 rings (SSSR count). The molecule has 0 bridgehead atoms. The molecule has 0 saturated carbocycles. The Bertz CT molecular complexity index is 1080. The van der Waals surface area contributed by atoms with Crippen LogP contribution < -0.4 is 15.9 Å². The van der Waals surface area contributed by atoms with Gasteiger partial charge in [-0.2, -0.15) is 0 Å². The highest BCUT2D eigenvalue weighted by Crippen LogP contribution is 2.56. The number of benzene rings is 3. The molecule has 3 heteroatoms. The molecule has 0 amide bonds. The SMILES string of the molecule is C(=C\CCCCCCCCCCC1OCCO1)/CCCCCCCCCCC[P+](c1ccccc1)(c1ccccc1)c1ccccc1. The average Bonchev–Trinajstić information content (AvgIpc) is 3.65. The maximum absolute atomic E-state index is 5.51. The van der Waals surface area contributed by atoms with E-state index in [0.717, 1.165) is 19.6 Å². The second-order valence-corrected chi connectivity index (χ2v) is 17.2. The molecular formula is C44H64O2P+. The van der Waals surface area contributed by atoms with Crippen LogP contribution in [-0.2, 0) is 9.47 Å². The van der Waals surface area contributed by atoms with Gasteiger partial charge in [-0.1, -0.05) is 144 Å². The van der Waals surface area contributed by atoms with Gasteiger partial charge in [0.15, 0.2) is 6.29 Å². The summed E-state index contributed by atoms with van der Waals surface area (Å²) >= 11 is 0. The van der Waals surface area contributed by atoms with E-state index < -0.39 is 7.26 Å². The summed E-state index contributed by atoms with van der Waals surface area (Å²) < 4.78 is 11.0. The van der Waals surface area contributed by atoms with E-state index in [2.05, 4.69) is 103 Å². The van der Waals surface area contributed by atoms with Crippen LogP contribution in [0.2, 0.25) is 0 Å². The molecule has 1 fully saturated rings. The lowest BCUT2D eigenvalue weighted by molar-refractivity contribution is -0.0480. The van der Waals surface area contributed by atoms with Gasteiger partial charge in [-0.3, -0.25) is 0 Å². The second-order valence-electron chi connectivity index (χ2n) is 13.6. The Labute approximate surface area is 289 Å². The van der Waals surface area contributed by atoms with E-state index in [1.54, 1.807) is 0 Å². The largest absolute Gasteiger partial charge is 0.350 e. The lowest BCUT2D eigenvalue weighted by Crippen LogP contribution is -2.33. The molecule has 0 unspecified atom stereocenters. The zero-order valence-corrected chi connectivity index (χ0v) is 30.3. The molecule has 2 nitrogen and oxygen atoms in total. The Morgan fingerprint density at radius 1 is 0.426 bits per heavy atom. The zero-order chi connectivity index (χ0) is 32.5. The normalized spacial score (nSPS) is 14.0. The van der Waals surface area contributed by atoms with Crippen molar-refractivity contribution in [3.63, 3.8) is 0 Å². The van der Waals surface area contributed by atoms with Crippen molar-refractivity contribution in [3.05, 3.63) is 103 Å². The van der Waals surface area contributed by atoms with Gasteiger partial charge in [-0.25, -0.2) is 0 Å². The van der Waals surface area contributed by atoms with Crippen molar-refractivity contribution in [3.8, 4) is 0 Å². The molecular weight excluding hydrogens is 591 g/mol. The number of hydrogen-bond acceptors (Lipinski definition) is 2. The summed E-state index contributed by atoms with van der Waals surface area (Å²) in [6.07, 6.45) is 33.1. The summed E-state index contributed by atoms with van der Waals surface area (Å²) in [5.74, 6) is 0. The quantitative estimate of drug-likeness (QED) is 0.0487. The third-order valence-electron chi connectivity index (χ3n) is 9.87. The predicted octanol–water partition coefficient (Wildman–Crippen LogP) is 11.7. The Morgan fingerprint density at radius 3 is 1.17 bits per heavy atom. The van der Waals surface area contributed by atoms with E-state index >= 15 is 0 Å². The van der Waals surface area contributed by atoms with E-state index in [9.17, 15) is 0 Å². The van der Waals surface area contributed by atoms with E-state index in [0.29, 0.717) is 0 Å². The van der Waals surface area contributed by atoms with Gasteiger partial charge in [-0.05, 0) is 87.8 Å². The number of unbranched alkanes of at least 4 members (excludes halogenated alkanes) is 17. The molecule has 3 aromatic carbocycles. The van der Waals surface area contributed by atoms with Gasteiger partial charge in [0.05, 0.1) is 19.4 Å². The first-order valence-corrected chi connectivity index (χ1v) is 21.3. The van der Waals surface area contributed by atoms with E-state index in [1.165, 1.54) is 144 Å². The van der Waals surface area contributed by atoms with Crippen LogP contribution in [-0.4, -0.2) is 25.7 Å². The number of rotatable bonds is 26. The van der Waals surface area contributed by atoms with Gasteiger partial charge in [0, 0.05) is 0 Å². The van der Waals surface area contributed by atoms with Crippen LogP contribution in [0.5, 0.6) is 0 Å². The molecule has 47 heavy (non-hydrogen) atoms. The average molecular weight is 656 g/mol. The fourth-order valence-corrected chi connectivity index (χ4v) is 11.6. The van der Waals surface area contributed by atoms with Gasteiger partial charge >= 0.3 is 0 Å². The Balaban J connectivity index is 0.985. The summed E-state index contributed by atoms with van der Waals surface area (Å²) in [4.78, 5) is 0. The number of ether oxygens (including phenoxy) is 2. The number of allylic oxidation sites excluding steroid dienone is 2. The van der Waals surface area contributed by atoms with Crippen molar-refractivity contribution in [2.75, 3.05) is 19.4 Å². The highest BCUT2D eigenvalue weighted by molar-refractivity contribution is 7.95. The van der Waals surface area contributed by atoms with Crippen LogP contribution in [0.4, 0.5) is 0 Å². The lowest BCUT2D eigenvalue weighted by atomic mass is 10.1. The Morgan fingerprint density at radius 2 is 0.766 bits per heavy atom. The third-order valence-corrected chi connectivity index (χ3v) is 14.4. The molecule has 3 aromatic rings. The first-order chi connectivity index (χ1) is 23.4. The first-order valence-electron chi connectivity index (χ1n) is 19.3. The summed E-state index contributed by atoms with van der Waals surface area (Å²) in [5, 5.41) is 4.55. The molecule has 0 aromatic heterocycles. The van der Waals surface area contributed by atoms with Crippen LogP contribution in [0.3, 0.4) is 0 Å². The number of hydrogen-bond donors (Lipinski definition) is 0. The zero-order valence-electron chi connectivity index (χ0n) is 29.4. The summed E-state index contributed by atoms with van der Waals surface area (Å²) in [7, 11) is -1.66. The van der Waals surface area contributed by atoms with Crippen molar-refractivity contribution in [2.24, 2.45) is 0 Å². The van der Waals surface area contributed by atoms with Crippen LogP contribution in [0.1, 0.15) is 128 Å². The van der Waals surface area contributed by atoms with E-state index in [1.807, 2.05) is 0 Å². The van der Waals surface area contributed by atoms with Crippen LogP contribution in [0.15, 0.2) is 103 Å². The maximum Gasteiger partial charge on any atom is 0.157 e. The van der Waals surface area contributed by atoms with Crippen molar-refractivity contribution in [1.29, 1.82) is 0 Å². The van der Waals surface area contributed by atoms with Crippen LogP contribution in [0.25, 0.3) is 0 Å². The first kappa shape index (κ1) is 37.6. The van der Waals surface area contributed by atoms with Gasteiger partial charge in [-0.15, -0.1) is 0 Å². The molecule has 1 saturated heterocycles. The standard InChI is InChI=1S/C44H64O2P/c1(2-4-6-8-10-12-14-16-18-29-37-44-45-38-39-46-44)3-5-7-9-11-13-15-17-19-30-40-47(41-31-23-20-24-32-41,42-33-25-21-26-34-42)43-35-27-22-28-36-43/h1-2,20-28,31-36,44H,3-19,29-30,37-40H2/q+1/b2-1+. The van der Waals surface area contributed by atoms with Crippen molar-refractivity contribution >= 4 is 23.2 Å². The predicted molar refractivity (Wildman–Crippen MR) is 207 cm³/mol. The topological polar surface area (TPSA) is 18.5 Å². The van der Waals surface area contributed by atoms with Crippen molar-refractivity contribution in [1.82, 2.24) is 0 Å².